The van der Waals surface area contributed by atoms with E-state index in [2.05, 4.69) is 10.5 Å². The summed E-state index contributed by atoms with van der Waals surface area (Å²) in [4.78, 5) is 34.5. The Kier molecular flexibility index (Phi) is 4.69. The highest BCUT2D eigenvalue weighted by Gasteiger charge is 2.14. The van der Waals surface area contributed by atoms with Crippen LogP contribution in [0.4, 0.5) is 5.69 Å². The van der Waals surface area contributed by atoms with Crippen molar-refractivity contribution in [1.82, 2.24) is 5.43 Å². The summed E-state index contributed by atoms with van der Waals surface area (Å²) >= 11 is 0. The summed E-state index contributed by atoms with van der Waals surface area (Å²) < 4.78 is 5.72. The first-order valence-corrected chi connectivity index (χ1v) is 8.78. The lowest BCUT2D eigenvalue weighted by molar-refractivity contribution is -0.384. The van der Waals surface area contributed by atoms with Crippen molar-refractivity contribution in [3.63, 3.8) is 0 Å². The van der Waals surface area contributed by atoms with Crippen LogP contribution in [-0.2, 0) is 0 Å². The molecule has 0 unspecified atom stereocenters. The van der Waals surface area contributed by atoms with E-state index in [0.29, 0.717) is 11.0 Å². The van der Waals surface area contributed by atoms with Crippen LogP contribution in [0.3, 0.4) is 0 Å². The number of nitro groups is 1. The Labute approximate surface area is 168 Å². The van der Waals surface area contributed by atoms with Gasteiger partial charge in [-0.3, -0.25) is 19.7 Å². The lowest BCUT2D eigenvalue weighted by atomic mass is 10.0. The van der Waals surface area contributed by atoms with E-state index in [4.69, 9.17) is 10.2 Å². The molecule has 0 fully saturated rings. The van der Waals surface area contributed by atoms with Gasteiger partial charge in [0.2, 0.25) is 5.55 Å². The van der Waals surface area contributed by atoms with Crippen LogP contribution in [0.1, 0.15) is 20.7 Å². The largest absolute Gasteiger partial charge is 0.436 e. The molecule has 1 aromatic heterocycles. The van der Waals surface area contributed by atoms with Crippen molar-refractivity contribution < 1.29 is 18.9 Å². The number of hydrogen-bond donors (Lipinski definition) is 2. The Bertz CT molecular complexity index is 1410. The molecule has 0 atom stereocenters. The van der Waals surface area contributed by atoms with Crippen LogP contribution in [0, 0.1) is 10.1 Å². The average Bonchev–Trinajstić information content (AvgIpc) is 2.76. The Hall–Kier alpha value is -4.53. The van der Waals surface area contributed by atoms with Crippen molar-refractivity contribution >= 4 is 39.2 Å². The number of nitrogens with zero attached hydrogens (tertiary/aromatic N) is 2. The van der Waals surface area contributed by atoms with Gasteiger partial charge in [-0.15, -0.1) is 5.10 Å². The molecule has 1 heterocycles. The number of primary amides is 1. The highest BCUT2D eigenvalue weighted by molar-refractivity contribution is 6.07. The monoisotopic (exact) mass is 402 g/mol. The second-order valence-corrected chi connectivity index (χ2v) is 6.39. The molecule has 148 valence electrons. The summed E-state index contributed by atoms with van der Waals surface area (Å²) in [5.41, 5.74) is 7.76. The molecule has 0 radical (unpaired) electrons. The predicted octanol–water partition coefficient (Wildman–Crippen LogP) is 2.84. The first-order valence-electron chi connectivity index (χ1n) is 8.78. The Morgan fingerprint density at radius 1 is 1.00 bits per heavy atom. The molecule has 0 saturated heterocycles. The molecule has 4 aromatic rings. The van der Waals surface area contributed by atoms with Gasteiger partial charge in [-0.1, -0.05) is 36.4 Å². The molecule has 9 heteroatoms. The fourth-order valence-corrected chi connectivity index (χ4v) is 3.07. The van der Waals surface area contributed by atoms with Gasteiger partial charge in [0.15, 0.2) is 0 Å². The highest BCUT2D eigenvalue weighted by atomic mass is 16.6. The molecule has 9 nitrogen and oxygen atoms in total. The minimum absolute atomic E-state index is 0.0156. The van der Waals surface area contributed by atoms with Gasteiger partial charge >= 0.3 is 0 Å². The molecule has 4 rings (SSSR count). The van der Waals surface area contributed by atoms with Crippen LogP contribution in [-0.4, -0.2) is 16.7 Å². The van der Waals surface area contributed by atoms with Gasteiger partial charge in [-0.2, -0.15) is 0 Å². The minimum atomic E-state index is -0.781. The summed E-state index contributed by atoms with van der Waals surface area (Å²) in [5, 5.41) is 17.2. The second-order valence-electron chi connectivity index (χ2n) is 6.39. The fraction of sp³-hybridized carbons (Fsp3) is 0. The quantitative estimate of drug-likeness (QED) is 0.307. The number of hydrogen-bond acceptors (Lipinski definition) is 6. The summed E-state index contributed by atoms with van der Waals surface area (Å²) in [6.45, 7) is 0. The number of carbonyl (C=O) groups is 2. The Balaban J connectivity index is 1.78. The second kappa shape index (κ2) is 7.47. The van der Waals surface area contributed by atoms with Gasteiger partial charge in [-0.25, -0.2) is 5.43 Å². The zero-order valence-corrected chi connectivity index (χ0v) is 15.4. The molecule has 0 bridgehead atoms. The van der Waals surface area contributed by atoms with Gasteiger partial charge in [0.25, 0.3) is 17.5 Å². The summed E-state index contributed by atoms with van der Waals surface area (Å²) in [5.74, 6) is -1.49. The maximum absolute atomic E-state index is 12.3. The van der Waals surface area contributed by atoms with Crippen molar-refractivity contribution in [2.24, 2.45) is 10.8 Å². The molecule has 2 amide bonds. The summed E-state index contributed by atoms with van der Waals surface area (Å²) in [6.07, 6.45) is 0. The van der Waals surface area contributed by atoms with Crippen molar-refractivity contribution in [3.05, 3.63) is 93.5 Å². The van der Waals surface area contributed by atoms with E-state index in [1.807, 2.05) is 30.3 Å². The number of nitro benzene ring substituents is 1. The zero-order chi connectivity index (χ0) is 21.3. The highest BCUT2D eigenvalue weighted by Crippen LogP contribution is 2.24. The van der Waals surface area contributed by atoms with E-state index < -0.39 is 16.7 Å². The number of benzene rings is 3. The maximum Gasteiger partial charge on any atom is 0.271 e. The molecular formula is C21H14N4O5. The van der Waals surface area contributed by atoms with Crippen molar-refractivity contribution in [1.29, 1.82) is 0 Å². The summed E-state index contributed by atoms with van der Waals surface area (Å²) in [6, 6.07) is 17.9. The molecule has 30 heavy (non-hydrogen) atoms. The molecule has 0 aliphatic carbocycles. The fourth-order valence-electron chi connectivity index (χ4n) is 3.07. The number of nitrogens with one attached hydrogen (secondary N) is 1. The first kappa shape index (κ1) is 18.8. The number of nitrogens with two attached hydrogens (primary N) is 1. The lowest BCUT2D eigenvalue weighted by Gasteiger charge is -2.06. The molecule has 3 N–H and O–H groups in total. The van der Waals surface area contributed by atoms with Crippen molar-refractivity contribution in [3.8, 4) is 0 Å². The number of non-ortho nitro benzene ring substituents is 1. The minimum Gasteiger partial charge on any atom is -0.436 e. The lowest BCUT2D eigenvalue weighted by Crippen LogP contribution is -2.27. The molecule has 3 aromatic carbocycles. The van der Waals surface area contributed by atoms with E-state index in [9.17, 15) is 19.7 Å². The third-order valence-corrected chi connectivity index (χ3v) is 4.50. The molecule has 0 saturated carbocycles. The first-order chi connectivity index (χ1) is 14.4. The van der Waals surface area contributed by atoms with E-state index in [0.717, 1.165) is 16.8 Å². The standard InChI is InChI=1S/C21H14N4O5/c22-19(26)17-11-16-15-7-2-1-4-12(15)8-9-18(16)30-21(17)24-23-20(27)13-5-3-6-14(10-13)25(28)29/h1-11H,(H2,22,26)(H,23,27). The topological polar surface area (TPSA) is 141 Å². The van der Waals surface area contributed by atoms with Crippen LogP contribution in [0.2, 0.25) is 0 Å². The summed E-state index contributed by atoms with van der Waals surface area (Å²) in [7, 11) is 0. The van der Waals surface area contributed by atoms with Crippen LogP contribution >= 0.6 is 0 Å². The SMILES string of the molecule is NC(=O)c1cc2c(ccc3ccccc32)oc1=NNC(=O)c1cccc([N+](=O)[O-])c1. The molecule has 0 spiro atoms. The smallest absolute Gasteiger partial charge is 0.271 e. The van der Waals surface area contributed by atoms with E-state index >= 15 is 0 Å². The van der Waals surface area contributed by atoms with Crippen LogP contribution in [0.15, 0.2) is 76.2 Å². The van der Waals surface area contributed by atoms with Gasteiger partial charge < -0.3 is 10.2 Å². The maximum atomic E-state index is 12.3. The van der Waals surface area contributed by atoms with E-state index in [1.165, 1.54) is 18.2 Å². The number of carbonyl (C=O) groups excluding carboxylic acids is 2. The third kappa shape index (κ3) is 3.47. The molecule has 0 aliphatic rings. The Morgan fingerprint density at radius 2 is 1.80 bits per heavy atom. The molecular weight excluding hydrogens is 388 g/mol. The van der Waals surface area contributed by atoms with Crippen LogP contribution in [0.25, 0.3) is 21.7 Å². The third-order valence-electron chi connectivity index (χ3n) is 4.50. The van der Waals surface area contributed by atoms with Crippen molar-refractivity contribution in [2.45, 2.75) is 0 Å². The van der Waals surface area contributed by atoms with Gasteiger partial charge in [0.1, 0.15) is 11.1 Å². The van der Waals surface area contributed by atoms with E-state index in [1.54, 1.807) is 12.1 Å². The van der Waals surface area contributed by atoms with Crippen LogP contribution < -0.4 is 16.7 Å². The molecule has 0 aliphatic heterocycles. The van der Waals surface area contributed by atoms with Crippen molar-refractivity contribution in [2.75, 3.05) is 0 Å². The van der Waals surface area contributed by atoms with Gasteiger partial charge in [0, 0.05) is 23.1 Å². The van der Waals surface area contributed by atoms with Gasteiger partial charge in [0.05, 0.1) is 4.92 Å². The predicted molar refractivity (Wildman–Crippen MR) is 108 cm³/mol. The average molecular weight is 402 g/mol. The van der Waals surface area contributed by atoms with E-state index in [-0.39, 0.29) is 22.4 Å². The number of amides is 2. The zero-order valence-electron chi connectivity index (χ0n) is 15.4. The normalized spacial score (nSPS) is 11.5. The number of rotatable bonds is 4. The number of fused-ring (bicyclic) bond motifs is 3. The van der Waals surface area contributed by atoms with Crippen LogP contribution in [0.5, 0.6) is 0 Å². The van der Waals surface area contributed by atoms with Gasteiger partial charge in [-0.05, 0) is 29.0 Å². The Morgan fingerprint density at radius 3 is 2.57 bits per heavy atom.